The van der Waals surface area contributed by atoms with E-state index in [4.69, 9.17) is 5.26 Å². The lowest BCUT2D eigenvalue weighted by molar-refractivity contribution is 0.102. The van der Waals surface area contributed by atoms with Gasteiger partial charge in [-0.25, -0.2) is 0 Å². The second-order valence-electron chi connectivity index (χ2n) is 3.92. The van der Waals surface area contributed by atoms with Crippen LogP contribution in [0.1, 0.15) is 21.5 Å². The molecule has 0 bridgehead atoms. The van der Waals surface area contributed by atoms with Gasteiger partial charge in [-0.2, -0.15) is 10.4 Å². The summed E-state index contributed by atoms with van der Waals surface area (Å²) in [4.78, 5) is 12.1. The molecule has 0 fully saturated rings. The third kappa shape index (κ3) is 2.77. The van der Waals surface area contributed by atoms with E-state index in [1.165, 1.54) is 11.8 Å². The largest absolute Gasteiger partial charge is 0.306 e. The minimum absolute atomic E-state index is 0.267. The van der Waals surface area contributed by atoms with Crippen LogP contribution in [0.2, 0.25) is 0 Å². The zero-order chi connectivity index (χ0) is 13.8. The average molecular weight is 272 g/mol. The SMILES string of the molecule is CSc1n[nH]c(NC(=O)c2cccc(C)c2)c1C#N. The van der Waals surface area contributed by atoms with Crippen molar-refractivity contribution in [2.45, 2.75) is 11.9 Å². The number of nitrogens with zero attached hydrogens (tertiary/aromatic N) is 2. The number of H-pyrrole nitrogens is 1. The highest BCUT2D eigenvalue weighted by Crippen LogP contribution is 2.23. The van der Waals surface area contributed by atoms with Gasteiger partial charge >= 0.3 is 0 Å². The molecular formula is C13H12N4OS. The van der Waals surface area contributed by atoms with E-state index >= 15 is 0 Å². The van der Waals surface area contributed by atoms with Crippen LogP contribution >= 0.6 is 11.8 Å². The Balaban J connectivity index is 2.25. The van der Waals surface area contributed by atoms with Gasteiger partial charge < -0.3 is 5.32 Å². The minimum Gasteiger partial charge on any atom is -0.306 e. The molecule has 1 heterocycles. The molecule has 0 aliphatic carbocycles. The molecule has 1 aromatic heterocycles. The maximum absolute atomic E-state index is 12.1. The van der Waals surface area contributed by atoms with E-state index in [9.17, 15) is 4.79 Å². The van der Waals surface area contributed by atoms with E-state index in [0.717, 1.165) is 5.56 Å². The fourth-order valence-corrected chi connectivity index (χ4v) is 2.13. The lowest BCUT2D eigenvalue weighted by Gasteiger charge is -2.03. The third-order valence-corrected chi connectivity index (χ3v) is 3.24. The predicted molar refractivity (Wildman–Crippen MR) is 74.2 cm³/mol. The van der Waals surface area contributed by atoms with Crippen molar-refractivity contribution < 1.29 is 4.79 Å². The Labute approximate surface area is 115 Å². The van der Waals surface area contributed by atoms with Gasteiger partial charge in [-0.3, -0.25) is 9.89 Å². The van der Waals surface area contributed by atoms with Crippen LogP contribution in [-0.2, 0) is 0 Å². The summed E-state index contributed by atoms with van der Waals surface area (Å²) in [5.74, 6) is 0.0647. The molecule has 96 valence electrons. The number of aromatic nitrogens is 2. The van der Waals surface area contributed by atoms with Crippen LogP contribution in [-0.4, -0.2) is 22.4 Å². The summed E-state index contributed by atoms with van der Waals surface area (Å²) in [6.45, 7) is 1.92. The maximum atomic E-state index is 12.1. The summed E-state index contributed by atoms with van der Waals surface area (Å²) in [5, 5.41) is 18.9. The molecule has 0 aliphatic heterocycles. The van der Waals surface area contributed by atoms with Crippen molar-refractivity contribution >= 4 is 23.5 Å². The number of carbonyl (C=O) groups excluding carboxylic acids is 1. The van der Waals surface area contributed by atoms with E-state index in [1.807, 2.05) is 31.4 Å². The highest BCUT2D eigenvalue weighted by atomic mass is 32.2. The molecule has 2 rings (SSSR count). The minimum atomic E-state index is -0.267. The molecule has 0 unspecified atom stereocenters. The fraction of sp³-hybridized carbons (Fsp3) is 0.154. The Hall–Kier alpha value is -2.26. The summed E-state index contributed by atoms with van der Waals surface area (Å²) in [7, 11) is 0. The van der Waals surface area contributed by atoms with Crippen LogP contribution in [0.4, 0.5) is 5.82 Å². The number of hydrogen-bond acceptors (Lipinski definition) is 4. The second-order valence-corrected chi connectivity index (χ2v) is 4.71. The zero-order valence-corrected chi connectivity index (χ0v) is 11.3. The van der Waals surface area contributed by atoms with Crippen LogP contribution in [0.15, 0.2) is 29.3 Å². The first-order valence-electron chi connectivity index (χ1n) is 5.56. The Bertz CT molecular complexity index is 657. The van der Waals surface area contributed by atoms with Gasteiger partial charge in [-0.05, 0) is 25.3 Å². The van der Waals surface area contributed by atoms with Gasteiger partial charge in [0.15, 0.2) is 0 Å². The van der Waals surface area contributed by atoms with Crippen molar-refractivity contribution in [3.8, 4) is 6.07 Å². The molecule has 0 radical (unpaired) electrons. The summed E-state index contributed by atoms with van der Waals surface area (Å²) in [6.07, 6.45) is 1.82. The van der Waals surface area contributed by atoms with Crippen LogP contribution in [0.5, 0.6) is 0 Å². The molecule has 0 saturated heterocycles. The number of hydrogen-bond donors (Lipinski definition) is 2. The van der Waals surface area contributed by atoms with E-state index in [0.29, 0.717) is 22.0 Å². The molecule has 1 amide bonds. The van der Waals surface area contributed by atoms with Crippen molar-refractivity contribution in [3.05, 3.63) is 41.0 Å². The molecule has 0 aliphatic rings. The highest BCUT2D eigenvalue weighted by Gasteiger charge is 2.15. The maximum Gasteiger partial charge on any atom is 0.256 e. The topological polar surface area (TPSA) is 81.6 Å². The van der Waals surface area contributed by atoms with Crippen LogP contribution in [0, 0.1) is 18.3 Å². The van der Waals surface area contributed by atoms with E-state index in [1.54, 1.807) is 12.1 Å². The first kappa shape index (κ1) is 13.2. The van der Waals surface area contributed by atoms with Crippen LogP contribution < -0.4 is 5.32 Å². The zero-order valence-electron chi connectivity index (χ0n) is 10.5. The number of carbonyl (C=O) groups is 1. The van der Waals surface area contributed by atoms with Crippen molar-refractivity contribution in [3.63, 3.8) is 0 Å². The highest BCUT2D eigenvalue weighted by molar-refractivity contribution is 7.98. The molecule has 0 spiro atoms. The van der Waals surface area contributed by atoms with Crippen molar-refractivity contribution in [1.29, 1.82) is 5.26 Å². The van der Waals surface area contributed by atoms with Crippen molar-refractivity contribution in [2.75, 3.05) is 11.6 Å². The molecule has 19 heavy (non-hydrogen) atoms. The smallest absolute Gasteiger partial charge is 0.256 e. The van der Waals surface area contributed by atoms with Crippen molar-refractivity contribution in [2.24, 2.45) is 0 Å². The first-order valence-corrected chi connectivity index (χ1v) is 6.78. The van der Waals surface area contributed by atoms with Gasteiger partial charge in [0.1, 0.15) is 22.5 Å². The molecule has 0 saturated carbocycles. The van der Waals surface area contributed by atoms with E-state index in [2.05, 4.69) is 15.5 Å². The van der Waals surface area contributed by atoms with Gasteiger partial charge in [0, 0.05) is 5.56 Å². The number of rotatable bonds is 3. The van der Waals surface area contributed by atoms with E-state index < -0.39 is 0 Å². The number of nitriles is 1. The van der Waals surface area contributed by atoms with Crippen LogP contribution in [0.3, 0.4) is 0 Å². The molecule has 6 heteroatoms. The van der Waals surface area contributed by atoms with Crippen molar-refractivity contribution in [1.82, 2.24) is 10.2 Å². The Morgan fingerprint density at radius 1 is 1.53 bits per heavy atom. The number of aromatic amines is 1. The quantitative estimate of drug-likeness (QED) is 0.841. The summed E-state index contributed by atoms with van der Waals surface area (Å²) >= 11 is 1.35. The van der Waals surface area contributed by atoms with E-state index in [-0.39, 0.29) is 5.91 Å². The fourth-order valence-electron chi connectivity index (χ4n) is 1.64. The average Bonchev–Trinajstić information content (AvgIpc) is 2.80. The lowest BCUT2D eigenvalue weighted by Crippen LogP contribution is -2.13. The van der Waals surface area contributed by atoms with Crippen LogP contribution in [0.25, 0.3) is 0 Å². The number of aryl methyl sites for hydroxylation is 1. The molecule has 1 aromatic carbocycles. The Morgan fingerprint density at radius 3 is 2.95 bits per heavy atom. The molecule has 2 aromatic rings. The van der Waals surface area contributed by atoms with Gasteiger partial charge in [-0.1, -0.05) is 17.7 Å². The summed E-state index contributed by atoms with van der Waals surface area (Å²) < 4.78 is 0. The van der Waals surface area contributed by atoms with Gasteiger partial charge in [-0.15, -0.1) is 11.8 Å². The third-order valence-electron chi connectivity index (χ3n) is 2.56. The summed E-state index contributed by atoms with van der Waals surface area (Å²) in [5.41, 5.74) is 1.90. The van der Waals surface area contributed by atoms with Gasteiger partial charge in [0.05, 0.1) is 0 Å². The second kappa shape index (κ2) is 5.59. The Morgan fingerprint density at radius 2 is 2.32 bits per heavy atom. The van der Waals surface area contributed by atoms with Gasteiger partial charge in [0.25, 0.3) is 5.91 Å². The number of nitrogens with one attached hydrogen (secondary N) is 2. The monoisotopic (exact) mass is 272 g/mol. The normalized spacial score (nSPS) is 9.95. The first-order chi connectivity index (χ1) is 9.15. The lowest BCUT2D eigenvalue weighted by atomic mass is 10.1. The molecule has 5 nitrogen and oxygen atoms in total. The van der Waals surface area contributed by atoms with Gasteiger partial charge in [0.2, 0.25) is 0 Å². The number of anilines is 1. The number of benzene rings is 1. The Kier molecular flexibility index (Phi) is 3.88. The predicted octanol–water partition coefficient (Wildman–Crippen LogP) is 2.56. The standard InChI is InChI=1S/C13H12N4OS/c1-8-4-3-5-9(6-8)12(18)15-11-10(7-14)13(19-2)17-16-11/h3-6H,1-2H3,(H2,15,16,17,18). The number of amides is 1. The summed E-state index contributed by atoms with van der Waals surface area (Å²) in [6, 6.07) is 9.27. The number of thioether (sulfide) groups is 1. The molecular weight excluding hydrogens is 260 g/mol. The molecule has 2 N–H and O–H groups in total. The molecule has 0 atom stereocenters.